The number of carbonyl (C=O) groups excluding carboxylic acids is 1. The maximum atomic E-state index is 11.0. The second kappa shape index (κ2) is 12.3. The van der Waals surface area contributed by atoms with Crippen LogP contribution in [-0.4, -0.2) is 25.8 Å². The minimum absolute atomic E-state index is 0. The van der Waals surface area contributed by atoms with Crippen LogP contribution in [0.1, 0.15) is 19.8 Å². The Labute approximate surface area is 117 Å². The van der Waals surface area contributed by atoms with Gasteiger partial charge in [0.15, 0.2) is 0 Å². The Kier molecular flexibility index (Phi) is 14.5. The molecular formula is C11H17O3Y-. The van der Waals surface area contributed by atoms with E-state index < -0.39 is 0 Å². The van der Waals surface area contributed by atoms with Crippen molar-refractivity contribution in [3.8, 4) is 0 Å². The van der Waals surface area contributed by atoms with Gasteiger partial charge in [-0.15, -0.1) is 0 Å². The van der Waals surface area contributed by atoms with Gasteiger partial charge in [-0.05, 0) is 20.0 Å². The molecule has 3 radical (unpaired) electrons. The summed E-state index contributed by atoms with van der Waals surface area (Å²) in [6.07, 6.45) is 5.92. The Hall–Kier alpha value is 0.274. The largest absolute Gasteiger partial charge is 0.498 e. The summed E-state index contributed by atoms with van der Waals surface area (Å²) < 4.78 is 9.85. The van der Waals surface area contributed by atoms with Gasteiger partial charge in [-0.1, -0.05) is 25.2 Å². The topological polar surface area (TPSA) is 35.5 Å². The van der Waals surface area contributed by atoms with Gasteiger partial charge < -0.3 is 9.47 Å². The minimum atomic E-state index is -0.255. The predicted molar refractivity (Wildman–Crippen MR) is 54.4 cm³/mol. The molecule has 0 aromatic carbocycles. The fourth-order valence-corrected chi connectivity index (χ4v) is 0.708. The van der Waals surface area contributed by atoms with Gasteiger partial charge in [-0.2, -0.15) is 0 Å². The Morgan fingerprint density at radius 3 is 2.73 bits per heavy atom. The van der Waals surface area contributed by atoms with E-state index in [2.05, 4.69) is 0 Å². The van der Waals surface area contributed by atoms with E-state index in [1.807, 2.05) is 6.92 Å². The molecule has 0 rings (SSSR count). The third kappa shape index (κ3) is 12.2. The van der Waals surface area contributed by atoms with E-state index in [9.17, 15) is 4.79 Å². The Morgan fingerprint density at radius 2 is 2.20 bits per heavy atom. The van der Waals surface area contributed by atoms with Crippen molar-refractivity contribution < 1.29 is 47.0 Å². The number of carbonyl (C=O) groups is 1. The number of methoxy groups -OCH3 is 1. The van der Waals surface area contributed by atoms with E-state index in [0.717, 1.165) is 0 Å². The summed E-state index contributed by atoms with van der Waals surface area (Å²) in [4.78, 5) is 11.0. The fraction of sp³-hybridized carbons (Fsp3) is 0.545. The zero-order valence-corrected chi connectivity index (χ0v) is 12.1. The van der Waals surface area contributed by atoms with Crippen molar-refractivity contribution in [3.05, 3.63) is 25.5 Å². The van der Waals surface area contributed by atoms with Crippen molar-refractivity contribution in [2.24, 2.45) is 0 Å². The second-order valence-corrected chi connectivity index (χ2v) is 2.77. The zero-order valence-electron chi connectivity index (χ0n) is 9.31. The average molecular weight is 286 g/mol. The summed E-state index contributed by atoms with van der Waals surface area (Å²) >= 11 is 0. The molecule has 83 valence electrons. The molecule has 0 aliphatic rings. The molecule has 0 N–H and O–H groups in total. The third-order valence-corrected chi connectivity index (χ3v) is 1.63. The molecule has 0 saturated heterocycles. The first kappa shape index (κ1) is 17.7. The van der Waals surface area contributed by atoms with Crippen molar-refractivity contribution in [2.45, 2.75) is 25.9 Å². The maximum Gasteiger partial charge on any atom is 0.307 e. The van der Waals surface area contributed by atoms with Gasteiger partial charge in [0, 0.05) is 39.8 Å². The number of rotatable bonds is 7. The summed E-state index contributed by atoms with van der Waals surface area (Å²) in [5, 5.41) is 0. The van der Waals surface area contributed by atoms with Crippen molar-refractivity contribution >= 4 is 5.97 Å². The molecule has 3 nitrogen and oxygen atoms in total. The summed E-state index contributed by atoms with van der Waals surface area (Å²) in [5.74, 6) is -0.255. The summed E-state index contributed by atoms with van der Waals surface area (Å²) in [5.41, 5.74) is 0. The molecule has 0 aromatic rings. The van der Waals surface area contributed by atoms with Crippen LogP contribution in [0.15, 0.2) is 12.2 Å². The third-order valence-electron chi connectivity index (χ3n) is 1.63. The molecule has 0 aromatic heterocycles. The number of esters is 1. The molecule has 0 aliphatic carbocycles. The molecule has 0 spiro atoms. The normalized spacial score (nSPS) is 12.2. The number of ether oxygens (including phenoxy) is 2. The number of hydrogen-bond acceptors (Lipinski definition) is 3. The molecule has 1 unspecified atom stereocenters. The number of allylic oxidation sites excluding steroid dienone is 1. The van der Waals surface area contributed by atoms with Crippen molar-refractivity contribution in [2.75, 3.05) is 13.7 Å². The van der Waals surface area contributed by atoms with E-state index in [1.54, 1.807) is 25.7 Å². The van der Waals surface area contributed by atoms with Crippen LogP contribution in [0.3, 0.4) is 0 Å². The predicted octanol–water partition coefficient (Wildman–Crippen LogP) is 1.81. The molecule has 0 fully saturated rings. The van der Waals surface area contributed by atoms with Gasteiger partial charge in [-0.3, -0.25) is 11.2 Å². The molecule has 0 aliphatic heterocycles. The summed E-state index contributed by atoms with van der Waals surface area (Å²) in [7, 11) is 1.60. The molecule has 4 heteroatoms. The summed E-state index contributed by atoms with van der Waals surface area (Å²) in [6, 6.07) is 0. The van der Waals surface area contributed by atoms with E-state index in [4.69, 9.17) is 16.4 Å². The smallest absolute Gasteiger partial charge is 0.307 e. The average Bonchev–Trinajstić information content (AvgIpc) is 2.18. The molecule has 0 heterocycles. The van der Waals surface area contributed by atoms with E-state index in [0.29, 0.717) is 6.42 Å². The van der Waals surface area contributed by atoms with Crippen molar-refractivity contribution in [1.82, 2.24) is 0 Å². The molecule has 1 atom stereocenters. The quantitative estimate of drug-likeness (QED) is 0.407. The van der Waals surface area contributed by atoms with Gasteiger partial charge in [-0.25, -0.2) is 0 Å². The van der Waals surface area contributed by atoms with Crippen molar-refractivity contribution in [3.63, 3.8) is 0 Å². The first-order chi connectivity index (χ1) is 6.70. The Morgan fingerprint density at radius 1 is 1.53 bits per heavy atom. The van der Waals surface area contributed by atoms with Gasteiger partial charge in [0.05, 0.1) is 6.42 Å². The Balaban J connectivity index is 0. The van der Waals surface area contributed by atoms with Crippen LogP contribution in [0.2, 0.25) is 0 Å². The SMILES string of the molecule is [CH]C/C=C\CC(=O)OC[CH-]C(C)OC.[Y]. The molecule has 15 heavy (non-hydrogen) atoms. The standard InChI is InChI=1S/C11H17O3.Y/c1-4-5-6-7-11(12)14-9-8-10(2)13-3;/h1,5-6,8,10H,4,7,9H2,2-3H3;/q-1;/b6-5-;. The van der Waals surface area contributed by atoms with Crippen LogP contribution in [0.4, 0.5) is 0 Å². The van der Waals surface area contributed by atoms with Gasteiger partial charge in [0.2, 0.25) is 0 Å². The second-order valence-electron chi connectivity index (χ2n) is 2.77. The summed E-state index contributed by atoms with van der Waals surface area (Å²) in [6.45, 7) is 7.37. The van der Waals surface area contributed by atoms with Crippen LogP contribution in [0.5, 0.6) is 0 Å². The first-order valence-corrected chi connectivity index (χ1v) is 4.57. The fourth-order valence-electron chi connectivity index (χ4n) is 0.708. The maximum absolute atomic E-state index is 11.0. The number of hydrogen-bond donors (Lipinski definition) is 0. The first-order valence-electron chi connectivity index (χ1n) is 4.57. The molecule has 0 saturated carbocycles. The monoisotopic (exact) mass is 286 g/mol. The van der Waals surface area contributed by atoms with Gasteiger partial charge >= 0.3 is 5.97 Å². The van der Waals surface area contributed by atoms with Gasteiger partial charge in [0.25, 0.3) is 0 Å². The van der Waals surface area contributed by atoms with Crippen LogP contribution in [-0.2, 0) is 47.0 Å². The van der Waals surface area contributed by atoms with Crippen LogP contribution in [0, 0.1) is 13.3 Å². The zero-order chi connectivity index (χ0) is 10.8. The van der Waals surface area contributed by atoms with Gasteiger partial charge in [0.1, 0.15) is 0 Å². The molecule has 0 bridgehead atoms. The van der Waals surface area contributed by atoms with E-state index >= 15 is 0 Å². The van der Waals surface area contributed by atoms with Crippen LogP contribution in [0.25, 0.3) is 0 Å². The van der Waals surface area contributed by atoms with Crippen LogP contribution >= 0.6 is 0 Å². The molecular weight excluding hydrogens is 269 g/mol. The van der Waals surface area contributed by atoms with E-state index in [-0.39, 0.29) is 57.8 Å². The Bertz CT molecular complexity index is 181. The minimum Gasteiger partial charge on any atom is -0.498 e. The van der Waals surface area contributed by atoms with Crippen LogP contribution < -0.4 is 0 Å². The van der Waals surface area contributed by atoms with E-state index in [1.165, 1.54) is 0 Å². The van der Waals surface area contributed by atoms with Crippen molar-refractivity contribution in [1.29, 1.82) is 0 Å². The molecule has 0 amide bonds.